The Hall–Kier alpha value is -2.60. The number of hydrogen-bond acceptors (Lipinski definition) is 4. The normalized spacial score (nSPS) is 20.7. The minimum absolute atomic E-state index is 0.0232. The Bertz CT molecular complexity index is 727. The lowest BCUT2D eigenvalue weighted by Crippen LogP contribution is -2.57. The van der Waals surface area contributed by atoms with E-state index in [1.54, 1.807) is 36.4 Å². The van der Waals surface area contributed by atoms with Crippen molar-refractivity contribution in [1.29, 1.82) is 0 Å². The Labute approximate surface area is 140 Å². The standard InChI is InChI=1S/C18H21N3O3/c1-12-13(2)21(9-8-19-12)18(23)14-5-3-6-15(11-14)20-17(22)16-7-4-10-24-16/h3-7,10-13,19H,8-9H2,1-2H3,(H,20,22). The zero-order valence-corrected chi connectivity index (χ0v) is 13.8. The molecule has 0 bridgehead atoms. The van der Waals surface area contributed by atoms with Crippen LogP contribution in [-0.2, 0) is 0 Å². The predicted molar refractivity (Wildman–Crippen MR) is 91.1 cm³/mol. The number of carbonyl (C=O) groups is 2. The van der Waals surface area contributed by atoms with Crippen molar-refractivity contribution in [3.05, 3.63) is 54.0 Å². The van der Waals surface area contributed by atoms with Gasteiger partial charge in [0.2, 0.25) is 0 Å². The van der Waals surface area contributed by atoms with E-state index in [4.69, 9.17) is 4.42 Å². The van der Waals surface area contributed by atoms with Gasteiger partial charge in [0.25, 0.3) is 11.8 Å². The van der Waals surface area contributed by atoms with E-state index in [2.05, 4.69) is 17.6 Å². The second kappa shape index (κ2) is 6.88. The molecule has 0 spiro atoms. The first-order valence-corrected chi connectivity index (χ1v) is 8.05. The number of carbonyl (C=O) groups excluding carboxylic acids is 2. The topological polar surface area (TPSA) is 74.6 Å². The lowest BCUT2D eigenvalue weighted by atomic mass is 10.0. The van der Waals surface area contributed by atoms with Crippen LogP contribution in [0, 0.1) is 0 Å². The smallest absolute Gasteiger partial charge is 0.291 e. The molecule has 2 unspecified atom stereocenters. The first kappa shape index (κ1) is 16.3. The Kier molecular flexibility index (Phi) is 4.66. The quantitative estimate of drug-likeness (QED) is 0.907. The molecule has 2 heterocycles. The molecule has 1 aromatic carbocycles. The third kappa shape index (κ3) is 3.33. The van der Waals surface area contributed by atoms with Crippen LogP contribution in [0.5, 0.6) is 0 Å². The number of hydrogen-bond donors (Lipinski definition) is 2. The molecule has 6 nitrogen and oxygen atoms in total. The van der Waals surface area contributed by atoms with Crippen LogP contribution in [0.2, 0.25) is 0 Å². The number of rotatable bonds is 3. The Morgan fingerprint density at radius 1 is 1.25 bits per heavy atom. The third-order valence-electron chi connectivity index (χ3n) is 4.41. The van der Waals surface area contributed by atoms with Gasteiger partial charge >= 0.3 is 0 Å². The molecule has 6 heteroatoms. The van der Waals surface area contributed by atoms with Crippen molar-refractivity contribution < 1.29 is 14.0 Å². The largest absolute Gasteiger partial charge is 0.459 e. The molecular weight excluding hydrogens is 306 g/mol. The molecule has 0 saturated carbocycles. The van der Waals surface area contributed by atoms with E-state index in [-0.39, 0.29) is 29.7 Å². The SMILES string of the molecule is CC1NCCN(C(=O)c2cccc(NC(=O)c3ccco3)c2)C1C. The average molecular weight is 327 g/mol. The molecule has 2 aromatic rings. The molecule has 2 atom stereocenters. The number of amides is 2. The van der Waals surface area contributed by atoms with Crippen LogP contribution < -0.4 is 10.6 Å². The van der Waals surface area contributed by atoms with Gasteiger partial charge in [0.05, 0.1) is 6.26 Å². The van der Waals surface area contributed by atoms with E-state index >= 15 is 0 Å². The van der Waals surface area contributed by atoms with Crippen molar-refractivity contribution in [2.75, 3.05) is 18.4 Å². The van der Waals surface area contributed by atoms with Crippen LogP contribution in [-0.4, -0.2) is 41.9 Å². The molecule has 0 radical (unpaired) electrons. The maximum atomic E-state index is 12.8. The van der Waals surface area contributed by atoms with E-state index in [0.29, 0.717) is 17.8 Å². The molecule has 1 aromatic heterocycles. The fourth-order valence-electron chi connectivity index (χ4n) is 2.84. The maximum Gasteiger partial charge on any atom is 0.291 e. The summed E-state index contributed by atoms with van der Waals surface area (Å²) in [7, 11) is 0. The van der Waals surface area contributed by atoms with Gasteiger partial charge in [-0.2, -0.15) is 0 Å². The lowest BCUT2D eigenvalue weighted by molar-refractivity contribution is 0.0603. The number of nitrogens with one attached hydrogen (secondary N) is 2. The fourth-order valence-corrected chi connectivity index (χ4v) is 2.84. The summed E-state index contributed by atoms with van der Waals surface area (Å²) >= 11 is 0. The van der Waals surface area contributed by atoms with Gasteiger partial charge in [0, 0.05) is 36.4 Å². The zero-order valence-electron chi connectivity index (χ0n) is 13.8. The highest BCUT2D eigenvalue weighted by Gasteiger charge is 2.28. The first-order chi connectivity index (χ1) is 11.6. The summed E-state index contributed by atoms with van der Waals surface area (Å²) in [6, 6.07) is 10.6. The number of anilines is 1. The lowest BCUT2D eigenvalue weighted by Gasteiger charge is -2.38. The number of nitrogens with zero attached hydrogens (tertiary/aromatic N) is 1. The van der Waals surface area contributed by atoms with Crippen LogP contribution >= 0.6 is 0 Å². The highest BCUT2D eigenvalue weighted by Crippen LogP contribution is 2.17. The van der Waals surface area contributed by atoms with Gasteiger partial charge in [0.1, 0.15) is 0 Å². The summed E-state index contributed by atoms with van der Waals surface area (Å²) in [4.78, 5) is 26.7. The van der Waals surface area contributed by atoms with Gasteiger partial charge in [-0.15, -0.1) is 0 Å². The Morgan fingerprint density at radius 2 is 2.08 bits per heavy atom. The Balaban J connectivity index is 1.75. The summed E-state index contributed by atoms with van der Waals surface area (Å²) in [6.45, 7) is 5.57. The highest BCUT2D eigenvalue weighted by molar-refractivity contribution is 6.03. The van der Waals surface area contributed by atoms with Gasteiger partial charge in [0.15, 0.2) is 5.76 Å². The molecule has 1 aliphatic rings. The molecule has 3 rings (SSSR count). The number of furan rings is 1. The average Bonchev–Trinajstić information content (AvgIpc) is 3.12. The molecule has 2 amide bonds. The minimum atomic E-state index is -0.339. The van der Waals surface area contributed by atoms with Crippen molar-refractivity contribution in [2.45, 2.75) is 25.9 Å². The third-order valence-corrected chi connectivity index (χ3v) is 4.41. The van der Waals surface area contributed by atoms with Crippen molar-refractivity contribution >= 4 is 17.5 Å². The Morgan fingerprint density at radius 3 is 2.83 bits per heavy atom. The van der Waals surface area contributed by atoms with Crippen LogP contribution in [0.25, 0.3) is 0 Å². The number of piperazine rings is 1. The van der Waals surface area contributed by atoms with Gasteiger partial charge in [-0.3, -0.25) is 9.59 Å². The van der Waals surface area contributed by atoms with Gasteiger partial charge in [-0.1, -0.05) is 6.07 Å². The summed E-state index contributed by atoms with van der Waals surface area (Å²) in [5.74, 6) is -0.130. The van der Waals surface area contributed by atoms with Crippen LogP contribution in [0.1, 0.15) is 34.8 Å². The predicted octanol–water partition coefficient (Wildman–Crippen LogP) is 2.35. The van der Waals surface area contributed by atoms with Crippen LogP contribution in [0.4, 0.5) is 5.69 Å². The maximum absolute atomic E-state index is 12.8. The van der Waals surface area contributed by atoms with Crippen LogP contribution in [0.15, 0.2) is 47.1 Å². The van der Waals surface area contributed by atoms with Gasteiger partial charge in [-0.05, 0) is 44.2 Å². The van der Waals surface area contributed by atoms with Crippen LogP contribution in [0.3, 0.4) is 0 Å². The second-order valence-electron chi connectivity index (χ2n) is 5.99. The number of benzene rings is 1. The van der Waals surface area contributed by atoms with Crippen molar-refractivity contribution in [2.24, 2.45) is 0 Å². The summed E-state index contributed by atoms with van der Waals surface area (Å²) in [5, 5.41) is 6.11. The fraction of sp³-hybridized carbons (Fsp3) is 0.333. The molecule has 1 aliphatic heterocycles. The van der Waals surface area contributed by atoms with E-state index in [1.165, 1.54) is 6.26 Å². The zero-order chi connectivity index (χ0) is 17.1. The molecule has 1 fully saturated rings. The molecule has 24 heavy (non-hydrogen) atoms. The van der Waals surface area contributed by atoms with E-state index < -0.39 is 0 Å². The molecular formula is C18H21N3O3. The van der Waals surface area contributed by atoms with Crippen molar-refractivity contribution in [3.63, 3.8) is 0 Å². The van der Waals surface area contributed by atoms with Crippen molar-refractivity contribution in [1.82, 2.24) is 10.2 Å². The van der Waals surface area contributed by atoms with Crippen molar-refractivity contribution in [3.8, 4) is 0 Å². The van der Waals surface area contributed by atoms with E-state index in [9.17, 15) is 9.59 Å². The van der Waals surface area contributed by atoms with E-state index in [1.807, 2.05) is 11.8 Å². The molecule has 1 saturated heterocycles. The molecule has 2 N–H and O–H groups in total. The van der Waals surface area contributed by atoms with E-state index in [0.717, 1.165) is 6.54 Å². The van der Waals surface area contributed by atoms with Gasteiger partial charge in [-0.25, -0.2) is 0 Å². The van der Waals surface area contributed by atoms with Gasteiger partial charge < -0.3 is 20.0 Å². The summed E-state index contributed by atoms with van der Waals surface area (Å²) < 4.78 is 5.07. The highest BCUT2D eigenvalue weighted by atomic mass is 16.3. The first-order valence-electron chi connectivity index (χ1n) is 8.05. The second-order valence-corrected chi connectivity index (χ2v) is 5.99. The molecule has 0 aliphatic carbocycles. The summed E-state index contributed by atoms with van der Waals surface area (Å²) in [5.41, 5.74) is 1.13. The minimum Gasteiger partial charge on any atom is -0.459 e. The monoisotopic (exact) mass is 327 g/mol. The molecule has 126 valence electrons. The summed E-state index contributed by atoms with van der Waals surface area (Å²) in [6.07, 6.45) is 1.45.